The van der Waals surface area contributed by atoms with Crippen LogP contribution in [0, 0.1) is 6.92 Å². The highest BCUT2D eigenvalue weighted by atomic mass is 35.5. The first-order valence-corrected chi connectivity index (χ1v) is 9.09. The number of aromatic amines is 1. The smallest absolute Gasteiger partial charge is 0.142 e. The van der Waals surface area contributed by atoms with Crippen LogP contribution in [0.3, 0.4) is 0 Å². The number of fused-ring (bicyclic) bond motifs is 3. The Morgan fingerprint density at radius 2 is 1.75 bits per heavy atom. The van der Waals surface area contributed by atoms with Gasteiger partial charge in [-0.25, -0.2) is 4.98 Å². The van der Waals surface area contributed by atoms with E-state index in [2.05, 4.69) is 20.3 Å². The van der Waals surface area contributed by atoms with Gasteiger partial charge < -0.3 is 19.8 Å². The SMILES string of the molecule is CCOc1ccc(OCC)c(Nc2cc(C)nc3ccc4nc[nH]c4c23)c1.Cl. The summed E-state index contributed by atoms with van der Waals surface area (Å²) >= 11 is 0. The summed E-state index contributed by atoms with van der Waals surface area (Å²) in [5.74, 6) is 1.57. The monoisotopic (exact) mass is 398 g/mol. The van der Waals surface area contributed by atoms with Gasteiger partial charge in [-0.05, 0) is 51.1 Å². The third-order valence-corrected chi connectivity index (χ3v) is 4.32. The number of hydrogen-bond donors (Lipinski definition) is 2. The van der Waals surface area contributed by atoms with Gasteiger partial charge in [0.25, 0.3) is 0 Å². The zero-order chi connectivity index (χ0) is 18.8. The van der Waals surface area contributed by atoms with Crippen LogP contribution in [0.4, 0.5) is 11.4 Å². The minimum absolute atomic E-state index is 0. The van der Waals surface area contributed by atoms with Crippen molar-refractivity contribution in [3.05, 3.63) is 48.4 Å². The predicted molar refractivity (Wildman–Crippen MR) is 115 cm³/mol. The number of ether oxygens (including phenoxy) is 2. The van der Waals surface area contributed by atoms with Gasteiger partial charge in [0.05, 0.1) is 47.5 Å². The Labute approximate surface area is 169 Å². The van der Waals surface area contributed by atoms with Gasteiger partial charge in [-0.1, -0.05) is 0 Å². The first kappa shape index (κ1) is 19.8. The molecule has 0 bridgehead atoms. The average molecular weight is 399 g/mol. The standard InChI is InChI=1S/C21H22N4O2.ClH/c1-4-26-14-6-9-19(27-5-2)17(11-14)25-18-10-13(3)24-15-7-8-16-21(20(15)18)23-12-22-16;/h6-12H,4-5H2,1-3H3,(H,22,23)(H,24,25);1H. The number of hydrogen-bond acceptors (Lipinski definition) is 5. The number of aryl methyl sites for hydroxylation is 1. The number of nitrogens with zero attached hydrogens (tertiary/aromatic N) is 2. The van der Waals surface area contributed by atoms with Crippen LogP contribution in [0.1, 0.15) is 19.5 Å². The molecule has 2 N–H and O–H groups in total. The Balaban J connectivity index is 0.00000225. The Hall–Kier alpha value is -2.99. The van der Waals surface area contributed by atoms with Crippen LogP contribution in [-0.4, -0.2) is 28.2 Å². The molecular weight excluding hydrogens is 376 g/mol. The molecule has 28 heavy (non-hydrogen) atoms. The maximum Gasteiger partial charge on any atom is 0.142 e. The molecule has 0 spiro atoms. The van der Waals surface area contributed by atoms with Crippen LogP contribution in [0.15, 0.2) is 42.7 Å². The van der Waals surface area contributed by atoms with Crippen LogP contribution in [-0.2, 0) is 0 Å². The fourth-order valence-electron chi connectivity index (χ4n) is 3.26. The van der Waals surface area contributed by atoms with E-state index in [0.29, 0.717) is 13.2 Å². The van der Waals surface area contributed by atoms with Crippen LogP contribution in [0.2, 0.25) is 0 Å². The number of nitrogens with one attached hydrogen (secondary N) is 2. The van der Waals surface area contributed by atoms with E-state index in [4.69, 9.17) is 9.47 Å². The minimum atomic E-state index is 0. The molecule has 0 atom stereocenters. The highest BCUT2D eigenvalue weighted by molar-refractivity contribution is 6.10. The van der Waals surface area contributed by atoms with E-state index in [1.807, 2.05) is 57.2 Å². The highest BCUT2D eigenvalue weighted by Gasteiger charge is 2.13. The van der Waals surface area contributed by atoms with Gasteiger partial charge >= 0.3 is 0 Å². The molecule has 146 valence electrons. The van der Waals surface area contributed by atoms with Crippen LogP contribution in [0.25, 0.3) is 21.9 Å². The molecule has 2 heterocycles. The number of aromatic nitrogens is 3. The number of anilines is 2. The van der Waals surface area contributed by atoms with Gasteiger partial charge in [0.1, 0.15) is 11.5 Å². The highest BCUT2D eigenvalue weighted by Crippen LogP contribution is 2.36. The van der Waals surface area contributed by atoms with Gasteiger partial charge in [-0.15, -0.1) is 12.4 Å². The zero-order valence-corrected chi connectivity index (χ0v) is 16.9. The molecular formula is C21H23ClN4O2. The largest absolute Gasteiger partial charge is 0.494 e. The normalized spacial score (nSPS) is 10.7. The average Bonchev–Trinajstić information content (AvgIpc) is 3.12. The molecule has 7 heteroatoms. The lowest BCUT2D eigenvalue weighted by Gasteiger charge is -2.16. The summed E-state index contributed by atoms with van der Waals surface area (Å²) in [7, 11) is 0. The van der Waals surface area contributed by atoms with E-state index in [1.165, 1.54) is 0 Å². The predicted octanol–water partition coefficient (Wildman–Crippen LogP) is 5.38. The van der Waals surface area contributed by atoms with Crippen LogP contribution >= 0.6 is 12.4 Å². The fourth-order valence-corrected chi connectivity index (χ4v) is 3.26. The fraction of sp³-hybridized carbons (Fsp3) is 0.238. The van der Waals surface area contributed by atoms with Crippen molar-refractivity contribution in [3.63, 3.8) is 0 Å². The van der Waals surface area contributed by atoms with E-state index < -0.39 is 0 Å². The van der Waals surface area contributed by atoms with Crippen molar-refractivity contribution in [2.24, 2.45) is 0 Å². The Kier molecular flexibility index (Phi) is 5.90. The molecule has 4 rings (SSSR count). The van der Waals surface area contributed by atoms with Crippen LogP contribution in [0.5, 0.6) is 11.5 Å². The van der Waals surface area contributed by atoms with Gasteiger partial charge in [-0.3, -0.25) is 4.98 Å². The van der Waals surface area contributed by atoms with Crippen molar-refractivity contribution in [2.75, 3.05) is 18.5 Å². The molecule has 6 nitrogen and oxygen atoms in total. The summed E-state index contributed by atoms with van der Waals surface area (Å²) in [6.45, 7) is 7.13. The van der Waals surface area contributed by atoms with Crippen molar-refractivity contribution >= 4 is 45.7 Å². The summed E-state index contributed by atoms with van der Waals surface area (Å²) < 4.78 is 11.5. The lowest BCUT2D eigenvalue weighted by molar-refractivity contribution is 0.332. The summed E-state index contributed by atoms with van der Waals surface area (Å²) in [5, 5.41) is 4.53. The van der Waals surface area contributed by atoms with E-state index >= 15 is 0 Å². The van der Waals surface area contributed by atoms with Crippen molar-refractivity contribution < 1.29 is 9.47 Å². The summed E-state index contributed by atoms with van der Waals surface area (Å²) in [6.07, 6.45) is 1.70. The molecule has 2 aromatic heterocycles. The molecule has 0 amide bonds. The van der Waals surface area contributed by atoms with Gasteiger partial charge in [-0.2, -0.15) is 0 Å². The molecule has 0 aliphatic carbocycles. The number of halogens is 1. The number of imidazole rings is 1. The van der Waals surface area contributed by atoms with Gasteiger partial charge in [0, 0.05) is 17.1 Å². The molecule has 0 aliphatic heterocycles. The maximum atomic E-state index is 5.80. The molecule has 0 unspecified atom stereocenters. The molecule has 0 aliphatic rings. The maximum absolute atomic E-state index is 5.80. The Morgan fingerprint density at radius 1 is 0.964 bits per heavy atom. The van der Waals surface area contributed by atoms with Crippen molar-refractivity contribution in [2.45, 2.75) is 20.8 Å². The van der Waals surface area contributed by atoms with Crippen molar-refractivity contribution in [3.8, 4) is 11.5 Å². The Bertz CT molecular complexity index is 1110. The quantitative estimate of drug-likeness (QED) is 0.456. The van der Waals surface area contributed by atoms with Gasteiger partial charge in [0.15, 0.2) is 0 Å². The second-order valence-corrected chi connectivity index (χ2v) is 6.22. The minimum Gasteiger partial charge on any atom is -0.494 e. The van der Waals surface area contributed by atoms with E-state index in [0.717, 1.165) is 50.5 Å². The van der Waals surface area contributed by atoms with E-state index in [1.54, 1.807) is 6.33 Å². The lowest BCUT2D eigenvalue weighted by Crippen LogP contribution is -2.01. The van der Waals surface area contributed by atoms with Crippen LogP contribution < -0.4 is 14.8 Å². The first-order chi connectivity index (χ1) is 13.2. The second kappa shape index (κ2) is 8.35. The number of pyridine rings is 1. The van der Waals surface area contributed by atoms with E-state index in [-0.39, 0.29) is 12.4 Å². The van der Waals surface area contributed by atoms with E-state index in [9.17, 15) is 0 Å². The second-order valence-electron chi connectivity index (χ2n) is 6.22. The third-order valence-electron chi connectivity index (χ3n) is 4.32. The summed E-state index contributed by atoms with van der Waals surface area (Å²) in [6, 6.07) is 11.8. The lowest BCUT2D eigenvalue weighted by atomic mass is 10.1. The summed E-state index contributed by atoms with van der Waals surface area (Å²) in [4.78, 5) is 12.3. The molecule has 0 fully saturated rings. The number of rotatable bonds is 6. The topological polar surface area (TPSA) is 72.1 Å². The third kappa shape index (κ3) is 3.68. The Morgan fingerprint density at radius 3 is 2.54 bits per heavy atom. The van der Waals surface area contributed by atoms with Crippen molar-refractivity contribution in [1.82, 2.24) is 15.0 Å². The first-order valence-electron chi connectivity index (χ1n) is 9.09. The molecule has 2 aromatic carbocycles. The molecule has 4 aromatic rings. The zero-order valence-electron chi connectivity index (χ0n) is 16.1. The number of benzene rings is 2. The number of H-pyrrole nitrogens is 1. The van der Waals surface area contributed by atoms with Crippen molar-refractivity contribution in [1.29, 1.82) is 0 Å². The molecule has 0 radical (unpaired) electrons. The molecule has 0 saturated heterocycles. The van der Waals surface area contributed by atoms with Gasteiger partial charge in [0.2, 0.25) is 0 Å². The molecule has 0 saturated carbocycles. The summed E-state index contributed by atoms with van der Waals surface area (Å²) in [5.41, 5.74) is 5.51.